The summed E-state index contributed by atoms with van der Waals surface area (Å²) in [6.07, 6.45) is 0. The number of benzene rings is 2. The number of anilines is 3. The number of nitrogen functional groups attached to an aromatic ring is 1. The standard InChI is InChI=1S/C13H9ClFN3S/c14-7-1-2-9(8(15)5-7)18-10-3-4-11-13(12(10)16)17-6-19-11/h1-6,18H,16H2. The van der Waals surface area contributed by atoms with Gasteiger partial charge in [-0.25, -0.2) is 9.37 Å². The zero-order valence-corrected chi connectivity index (χ0v) is 11.2. The maximum Gasteiger partial charge on any atom is 0.148 e. The van der Waals surface area contributed by atoms with Crippen LogP contribution in [0.2, 0.25) is 5.02 Å². The minimum Gasteiger partial charge on any atom is -0.395 e. The zero-order valence-electron chi connectivity index (χ0n) is 9.65. The average molecular weight is 294 g/mol. The molecular formula is C13H9ClFN3S. The molecule has 3 N–H and O–H groups in total. The Hall–Kier alpha value is -1.85. The molecular weight excluding hydrogens is 285 g/mol. The molecule has 0 radical (unpaired) electrons. The number of aromatic nitrogens is 1. The molecule has 2 aromatic carbocycles. The maximum absolute atomic E-state index is 13.7. The Morgan fingerprint density at radius 3 is 2.79 bits per heavy atom. The summed E-state index contributed by atoms with van der Waals surface area (Å²) in [5.41, 5.74) is 9.94. The van der Waals surface area contributed by atoms with Gasteiger partial charge >= 0.3 is 0 Å². The first-order chi connectivity index (χ1) is 9.15. The van der Waals surface area contributed by atoms with Crippen LogP contribution in [0.1, 0.15) is 0 Å². The summed E-state index contributed by atoms with van der Waals surface area (Å²) in [7, 11) is 0. The molecule has 0 bridgehead atoms. The normalized spacial score (nSPS) is 10.8. The third kappa shape index (κ3) is 2.22. The van der Waals surface area contributed by atoms with E-state index < -0.39 is 5.82 Å². The lowest BCUT2D eigenvalue weighted by molar-refractivity contribution is 0.632. The molecule has 19 heavy (non-hydrogen) atoms. The molecule has 0 fully saturated rings. The van der Waals surface area contributed by atoms with Crippen LogP contribution >= 0.6 is 22.9 Å². The van der Waals surface area contributed by atoms with Crippen LogP contribution in [-0.2, 0) is 0 Å². The topological polar surface area (TPSA) is 50.9 Å². The Balaban J connectivity index is 2.03. The van der Waals surface area contributed by atoms with Gasteiger partial charge in [-0.05, 0) is 30.3 Å². The van der Waals surface area contributed by atoms with Gasteiger partial charge in [0.15, 0.2) is 0 Å². The van der Waals surface area contributed by atoms with Crippen LogP contribution in [0.25, 0.3) is 10.2 Å². The largest absolute Gasteiger partial charge is 0.395 e. The SMILES string of the molecule is Nc1c(Nc2ccc(Cl)cc2F)ccc2scnc12. The number of nitrogens with one attached hydrogen (secondary N) is 1. The molecule has 1 aromatic heterocycles. The van der Waals surface area contributed by atoms with E-state index in [9.17, 15) is 4.39 Å². The van der Waals surface area contributed by atoms with Gasteiger partial charge in [-0.3, -0.25) is 0 Å². The molecule has 0 unspecified atom stereocenters. The summed E-state index contributed by atoms with van der Waals surface area (Å²) >= 11 is 7.22. The highest BCUT2D eigenvalue weighted by atomic mass is 35.5. The molecule has 3 aromatic rings. The molecule has 0 aliphatic rings. The molecule has 6 heteroatoms. The van der Waals surface area contributed by atoms with Gasteiger partial charge in [0, 0.05) is 5.02 Å². The highest BCUT2D eigenvalue weighted by Gasteiger charge is 2.09. The van der Waals surface area contributed by atoms with Crippen molar-refractivity contribution >= 4 is 50.2 Å². The van der Waals surface area contributed by atoms with Crippen LogP contribution in [0.3, 0.4) is 0 Å². The molecule has 0 saturated carbocycles. The zero-order chi connectivity index (χ0) is 13.4. The first-order valence-electron chi connectivity index (χ1n) is 5.49. The molecule has 3 nitrogen and oxygen atoms in total. The molecule has 0 amide bonds. The summed E-state index contributed by atoms with van der Waals surface area (Å²) in [6, 6.07) is 8.15. The Labute approximate surface area is 117 Å². The first kappa shape index (κ1) is 12.2. The van der Waals surface area contributed by atoms with E-state index in [1.54, 1.807) is 17.6 Å². The van der Waals surface area contributed by atoms with Gasteiger partial charge in [0.25, 0.3) is 0 Å². The van der Waals surface area contributed by atoms with Crippen LogP contribution in [-0.4, -0.2) is 4.98 Å². The number of hydrogen-bond donors (Lipinski definition) is 2. The molecule has 0 aliphatic heterocycles. The summed E-state index contributed by atoms with van der Waals surface area (Å²) in [5, 5.41) is 3.31. The Kier molecular flexibility index (Phi) is 3.00. The first-order valence-corrected chi connectivity index (χ1v) is 6.74. The lowest BCUT2D eigenvalue weighted by Crippen LogP contribution is -1.98. The lowest BCUT2D eigenvalue weighted by Gasteiger charge is -2.10. The quantitative estimate of drug-likeness (QED) is 0.688. The van der Waals surface area contributed by atoms with Crippen molar-refractivity contribution in [1.82, 2.24) is 4.98 Å². The average Bonchev–Trinajstić information content (AvgIpc) is 2.85. The van der Waals surface area contributed by atoms with Crippen molar-refractivity contribution in [3.63, 3.8) is 0 Å². The van der Waals surface area contributed by atoms with Crippen LogP contribution in [0.15, 0.2) is 35.8 Å². The van der Waals surface area contributed by atoms with Crippen LogP contribution in [0, 0.1) is 5.82 Å². The van der Waals surface area contributed by atoms with Gasteiger partial charge in [-0.1, -0.05) is 11.6 Å². The van der Waals surface area contributed by atoms with Gasteiger partial charge in [0.2, 0.25) is 0 Å². The molecule has 1 heterocycles. The van der Waals surface area contributed by atoms with Gasteiger partial charge < -0.3 is 11.1 Å². The van der Waals surface area contributed by atoms with E-state index in [0.717, 1.165) is 10.2 Å². The van der Waals surface area contributed by atoms with E-state index in [2.05, 4.69) is 10.3 Å². The third-order valence-electron chi connectivity index (χ3n) is 2.74. The predicted octanol–water partition coefficient (Wildman–Crippen LogP) is 4.41. The Bertz CT molecular complexity index is 757. The van der Waals surface area contributed by atoms with Crippen molar-refractivity contribution in [2.45, 2.75) is 0 Å². The van der Waals surface area contributed by atoms with Crippen molar-refractivity contribution in [1.29, 1.82) is 0 Å². The number of nitrogens with zero attached hydrogens (tertiary/aromatic N) is 1. The third-order valence-corrected chi connectivity index (χ3v) is 3.77. The number of thiazole rings is 1. The summed E-state index contributed by atoms with van der Waals surface area (Å²) in [6.45, 7) is 0. The minimum absolute atomic E-state index is 0.325. The summed E-state index contributed by atoms with van der Waals surface area (Å²) < 4.78 is 14.7. The van der Waals surface area contributed by atoms with Crippen LogP contribution in [0.4, 0.5) is 21.5 Å². The van der Waals surface area contributed by atoms with Crippen molar-refractivity contribution in [2.75, 3.05) is 11.1 Å². The second kappa shape index (κ2) is 4.68. The van der Waals surface area contributed by atoms with E-state index in [1.807, 2.05) is 12.1 Å². The Morgan fingerprint density at radius 2 is 2.00 bits per heavy atom. The number of hydrogen-bond acceptors (Lipinski definition) is 4. The fourth-order valence-corrected chi connectivity index (χ4v) is 2.65. The van der Waals surface area contributed by atoms with Gasteiger partial charge in [0.05, 0.1) is 27.3 Å². The van der Waals surface area contributed by atoms with Crippen molar-refractivity contribution in [2.24, 2.45) is 0 Å². The molecule has 96 valence electrons. The predicted molar refractivity (Wildman–Crippen MR) is 78.7 cm³/mol. The monoisotopic (exact) mass is 293 g/mol. The number of halogens is 2. The van der Waals surface area contributed by atoms with Crippen LogP contribution < -0.4 is 11.1 Å². The van der Waals surface area contributed by atoms with E-state index in [-0.39, 0.29) is 0 Å². The van der Waals surface area contributed by atoms with Gasteiger partial charge in [0.1, 0.15) is 11.3 Å². The van der Waals surface area contributed by atoms with E-state index >= 15 is 0 Å². The van der Waals surface area contributed by atoms with Crippen molar-refractivity contribution in [3.05, 3.63) is 46.7 Å². The summed E-state index contributed by atoms with van der Waals surface area (Å²) in [5.74, 6) is -0.426. The van der Waals surface area contributed by atoms with E-state index in [1.165, 1.54) is 17.4 Å². The number of nitrogens with two attached hydrogens (primary N) is 1. The van der Waals surface area contributed by atoms with Crippen molar-refractivity contribution in [3.8, 4) is 0 Å². The fourth-order valence-electron chi connectivity index (χ4n) is 1.80. The van der Waals surface area contributed by atoms with Crippen molar-refractivity contribution < 1.29 is 4.39 Å². The fraction of sp³-hybridized carbons (Fsp3) is 0. The maximum atomic E-state index is 13.7. The second-order valence-corrected chi connectivity index (χ2v) is 5.30. The highest BCUT2D eigenvalue weighted by Crippen LogP contribution is 2.32. The number of fused-ring (bicyclic) bond motifs is 1. The lowest BCUT2D eigenvalue weighted by atomic mass is 10.2. The molecule has 3 rings (SSSR count). The van der Waals surface area contributed by atoms with E-state index in [0.29, 0.717) is 22.1 Å². The van der Waals surface area contributed by atoms with Gasteiger partial charge in [-0.2, -0.15) is 0 Å². The number of rotatable bonds is 2. The second-order valence-electron chi connectivity index (χ2n) is 3.98. The smallest absolute Gasteiger partial charge is 0.148 e. The Morgan fingerprint density at radius 1 is 1.21 bits per heavy atom. The summed E-state index contributed by atoms with van der Waals surface area (Å²) in [4.78, 5) is 4.20. The molecule has 0 aliphatic carbocycles. The highest BCUT2D eigenvalue weighted by molar-refractivity contribution is 7.16. The molecule has 0 atom stereocenters. The van der Waals surface area contributed by atoms with E-state index in [4.69, 9.17) is 17.3 Å². The van der Waals surface area contributed by atoms with Crippen LogP contribution in [0.5, 0.6) is 0 Å². The molecule has 0 saturated heterocycles. The minimum atomic E-state index is -0.426. The molecule has 0 spiro atoms. The van der Waals surface area contributed by atoms with Gasteiger partial charge in [-0.15, -0.1) is 11.3 Å².